The Morgan fingerprint density at radius 1 is 1.14 bits per heavy atom. The number of aldehydes is 1. The summed E-state index contributed by atoms with van der Waals surface area (Å²) in [5.41, 5.74) is -1.31. The van der Waals surface area contributed by atoms with E-state index >= 15 is 4.39 Å². The molecule has 9 nitrogen and oxygen atoms in total. The van der Waals surface area contributed by atoms with Gasteiger partial charge in [0.1, 0.15) is 29.1 Å². The van der Waals surface area contributed by atoms with Gasteiger partial charge in [-0.25, -0.2) is 14.4 Å². The van der Waals surface area contributed by atoms with E-state index in [0.717, 1.165) is 6.07 Å². The highest BCUT2D eigenvalue weighted by Crippen LogP contribution is 2.42. The van der Waals surface area contributed by atoms with E-state index < -0.39 is 43.0 Å². The van der Waals surface area contributed by atoms with Crippen molar-refractivity contribution in [2.45, 2.75) is 77.4 Å². The van der Waals surface area contributed by atoms with Crippen LogP contribution in [0.3, 0.4) is 0 Å². The largest absolute Gasteiger partial charge is 0.434 e. The molecule has 0 aliphatic rings. The summed E-state index contributed by atoms with van der Waals surface area (Å²) in [5, 5.41) is 14.7. The number of anilines is 1. The monoisotopic (exact) mass is 682 g/mol. The van der Waals surface area contributed by atoms with Crippen molar-refractivity contribution in [2.24, 2.45) is 0 Å². The fourth-order valence-corrected chi connectivity index (χ4v) is 6.55. The maximum Gasteiger partial charge on any atom is 0.387 e. The van der Waals surface area contributed by atoms with E-state index in [9.17, 15) is 23.7 Å². The van der Waals surface area contributed by atoms with Crippen LogP contribution in [0.15, 0.2) is 47.2 Å². The molecule has 0 spiro atoms. The van der Waals surface area contributed by atoms with Gasteiger partial charge in [-0.15, -0.1) is 0 Å². The molecule has 3 rings (SSSR count). The lowest BCUT2D eigenvalue weighted by Gasteiger charge is -2.42. The predicted molar refractivity (Wildman–Crippen MR) is 163 cm³/mol. The number of nitrogens with zero attached hydrogens (tertiary/aromatic N) is 3. The molecule has 1 aromatic heterocycles. The van der Waals surface area contributed by atoms with E-state index in [2.05, 4.69) is 69.8 Å². The van der Waals surface area contributed by atoms with Crippen LogP contribution in [0.5, 0.6) is 5.75 Å². The van der Waals surface area contributed by atoms with E-state index in [0.29, 0.717) is 16.6 Å². The second-order valence-corrected chi connectivity index (χ2v) is 17.5. The van der Waals surface area contributed by atoms with Crippen molar-refractivity contribution in [2.75, 3.05) is 5.32 Å². The van der Waals surface area contributed by atoms with Crippen molar-refractivity contribution in [3.05, 3.63) is 74.5 Å². The number of aromatic nitrogens is 2. The summed E-state index contributed by atoms with van der Waals surface area (Å²) in [6.07, 6.45) is 3.06. The van der Waals surface area contributed by atoms with Gasteiger partial charge in [0.05, 0.1) is 17.0 Å². The summed E-state index contributed by atoms with van der Waals surface area (Å²) < 4.78 is 53.0. The zero-order valence-electron chi connectivity index (χ0n) is 24.9. The zero-order valence-corrected chi connectivity index (χ0v) is 27.5. The number of carbonyl (C=O) groups excluding carboxylic acids is 1. The van der Waals surface area contributed by atoms with Crippen LogP contribution in [0.4, 0.5) is 24.5 Å². The van der Waals surface area contributed by atoms with Crippen molar-refractivity contribution >= 4 is 41.9 Å². The molecule has 43 heavy (non-hydrogen) atoms. The predicted octanol–water partition coefficient (Wildman–Crippen LogP) is 8.55. The third kappa shape index (κ3) is 7.98. The summed E-state index contributed by atoms with van der Waals surface area (Å²) in [5.74, 6) is -0.756. The lowest BCUT2D eigenvalue weighted by Crippen LogP contribution is -2.46. The average molecular weight is 684 g/mol. The second-order valence-electron chi connectivity index (χ2n) is 11.9. The third-order valence-electron chi connectivity index (χ3n) is 7.34. The number of rotatable bonds is 12. The highest BCUT2D eigenvalue weighted by Gasteiger charge is 2.43. The van der Waals surface area contributed by atoms with E-state index in [1.807, 2.05) is 13.8 Å². The molecule has 1 atom stereocenters. The molecule has 1 heterocycles. The Kier molecular flexibility index (Phi) is 10.4. The maximum absolute atomic E-state index is 15.3. The van der Waals surface area contributed by atoms with Crippen LogP contribution in [-0.2, 0) is 14.8 Å². The fourth-order valence-electron chi connectivity index (χ4n) is 4.25. The normalized spacial score (nSPS) is 13.1. The van der Waals surface area contributed by atoms with Gasteiger partial charge in [-0.2, -0.15) is 8.78 Å². The molecule has 0 radical (unpaired) electrons. The molecule has 0 amide bonds. The average Bonchev–Trinajstić information content (AvgIpc) is 2.88. The number of alkyl halides is 2. The Morgan fingerprint density at radius 2 is 1.77 bits per heavy atom. The van der Waals surface area contributed by atoms with Gasteiger partial charge in [-0.1, -0.05) is 42.8 Å². The van der Waals surface area contributed by atoms with Gasteiger partial charge in [-0.3, -0.25) is 10.1 Å². The van der Waals surface area contributed by atoms with Crippen LogP contribution in [0.2, 0.25) is 18.1 Å². The Morgan fingerprint density at radius 3 is 2.30 bits per heavy atom. The number of halogens is 4. The minimum Gasteiger partial charge on any atom is -0.434 e. The number of nitrogens with one attached hydrogen (secondary N) is 1. The lowest BCUT2D eigenvalue weighted by molar-refractivity contribution is -0.384. The van der Waals surface area contributed by atoms with Crippen molar-refractivity contribution in [3.8, 4) is 16.9 Å². The Labute approximate surface area is 257 Å². The second kappa shape index (κ2) is 13.1. The molecule has 0 bridgehead atoms. The molecule has 3 aromatic rings. The van der Waals surface area contributed by atoms with Crippen molar-refractivity contribution in [3.63, 3.8) is 0 Å². The molecule has 1 unspecified atom stereocenters. The van der Waals surface area contributed by atoms with E-state index in [1.165, 1.54) is 30.6 Å². The summed E-state index contributed by atoms with van der Waals surface area (Å²) in [6.45, 7) is 11.1. The van der Waals surface area contributed by atoms with Gasteiger partial charge in [-0.05, 0) is 50.2 Å². The number of hydrogen-bond donors (Lipinski definition) is 1. The summed E-state index contributed by atoms with van der Waals surface area (Å²) in [4.78, 5) is 31.5. The summed E-state index contributed by atoms with van der Waals surface area (Å²) >= 11 is 3.28. The zero-order chi connectivity index (χ0) is 32.3. The van der Waals surface area contributed by atoms with Crippen LogP contribution < -0.4 is 10.1 Å². The quantitative estimate of drug-likeness (QED) is 0.0874. The van der Waals surface area contributed by atoms with E-state index in [-0.39, 0.29) is 39.6 Å². The Hall–Kier alpha value is -3.36. The molecule has 0 fully saturated rings. The van der Waals surface area contributed by atoms with E-state index in [4.69, 9.17) is 4.43 Å². The first kappa shape index (κ1) is 34.1. The molecule has 2 aromatic carbocycles. The van der Waals surface area contributed by atoms with Gasteiger partial charge in [0, 0.05) is 40.0 Å². The van der Waals surface area contributed by atoms with Crippen LogP contribution in [0.25, 0.3) is 11.1 Å². The minimum absolute atomic E-state index is 0.0520. The molecule has 0 saturated heterocycles. The molecule has 0 aliphatic carbocycles. The summed E-state index contributed by atoms with van der Waals surface area (Å²) in [6, 6.07) is 5.18. The topological polar surface area (TPSA) is 116 Å². The van der Waals surface area contributed by atoms with Gasteiger partial charge < -0.3 is 19.3 Å². The molecule has 232 valence electrons. The van der Waals surface area contributed by atoms with Crippen LogP contribution in [0.1, 0.15) is 58.5 Å². The number of benzene rings is 2. The number of ether oxygens (including phenoxy) is 1. The highest BCUT2D eigenvalue weighted by molar-refractivity contribution is 9.10. The van der Waals surface area contributed by atoms with Crippen LogP contribution >= 0.6 is 15.9 Å². The van der Waals surface area contributed by atoms with Gasteiger partial charge in [0.15, 0.2) is 14.1 Å². The standard InChI is InChI=1S/C29H34BrF3N4O5Si/c1-28(2,3)43(6,7)42-29(4,5)26-34-15-17(16-35-26)18-13-22(23(37(39)40)14-20(18)31)36-21(11-12-38)25-19(30)9-8-10-24(25)41-27(32)33/h8-10,12-16,21,27,36H,11H2,1-7H3. The number of hydrogen-bond acceptors (Lipinski definition) is 8. The maximum atomic E-state index is 15.3. The first-order valence-electron chi connectivity index (χ1n) is 13.3. The van der Waals surface area contributed by atoms with E-state index in [1.54, 1.807) is 6.07 Å². The first-order valence-corrected chi connectivity index (χ1v) is 17.0. The smallest absolute Gasteiger partial charge is 0.387 e. The number of carbonyl (C=O) groups is 1. The first-order chi connectivity index (χ1) is 19.9. The molecule has 14 heteroatoms. The SMILES string of the molecule is CC(C)(O[Si](C)(C)C(C)(C)C)c1ncc(-c2cc(NC(CC=O)c3c(Br)cccc3OC(F)F)c([N+](=O)[O-])cc2F)cn1. The van der Waals surface area contributed by atoms with Gasteiger partial charge in [0.2, 0.25) is 0 Å². The molecular formula is C29H34BrF3N4O5Si. The fraction of sp³-hybridized carbons (Fsp3) is 0.414. The molecule has 1 N–H and O–H groups in total. The molecule has 0 aliphatic heterocycles. The van der Waals surface area contributed by atoms with Gasteiger partial charge in [0.25, 0.3) is 5.69 Å². The third-order valence-corrected chi connectivity index (χ3v) is 12.7. The molecule has 0 saturated carbocycles. The Balaban J connectivity index is 2.05. The van der Waals surface area contributed by atoms with Crippen molar-refractivity contribution in [1.82, 2.24) is 9.97 Å². The lowest BCUT2D eigenvalue weighted by atomic mass is 10.0. The van der Waals surface area contributed by atoms with Crippen molar-refractivity contribution < 1.29 is 32.1 Å². The van der Waals surface area contributed by atoms with Crippen LogP contribution in [0, 0.1) is 15.9 Å². The highest BCUT2D eigenvalue weighted by atomic mass is 79.9. The van der Waals surface area contributed by atoms with Crippen LogP contribution in [-0.4, -0.2) is 36.1 Å². The minimum atomic E-state index is -3.16. The van der Waals surface area contributed by atoms with Gasteiger partial charge >= 0.3 is 6.61 Å². The van der Waals surface area contributed by atoms with Crippen molar-refractivity contribution in [1.29, 1.82) is 0 Å². The number of nitro groups is 1. The number of nitro benzene ring substituents is 1. The summed E-state index contributed by atoms with van der Waals surface area (Å²) in [7, 11) is -2.19. The molecular weight excluding hydrogens is 649 g/mol. The Bertz CT molecular complexity index is 1480.